The lowest BCUT2D eigenvalue weighted by molar-refractivity contribution is -0.149. The van der Waals surface area contributed by atoms with Crippen molar-refractivity contribution in [2.75, 3.05) is 13.6 Å². The van der Waals surface area contributed by atoms with E-state index >= 15 is 0 Å². The van der Waals surface area contributed by atoms with E-state index in [1.165, 1.54) is 18.3 Å². The minimum absolute atomic E-state index is 0.0481. The van der Waals surface area contributed by atoms with Crippen LogP contribution in [0.15, 0.2) is 35.7 Å². The highest BCUT2D eigenvalue weighted by atomic mass is 32.1. The van der Waals surface area contributed by atoms with Gasteiger partial charge in [-0.3, -0.25) is 24.0 Å². The Bertz CT molecular complexity index is 1430. The minimum atomic E-state index is -0.945. The average Bonchev–Trinajstić information content (AvgIpc) is 3.59. The van der Waals surface area contributed by atoms with Crippen LogP contribution in [0.2, 0.25) is 0 Å². The second-order valence-corrected chi connectivity index (χ2v) is 14.8. The van der Waals surface area contributed by atoms with E-state index in [2.05, 4.69) is 20.9 Å². The van der Waals surface area contributed by atoms with Crippen LogP contribution in [0.3, 0.4) is 0 Å². The summed E-state index contributed by atoms with van der Waals surface area (Å²) >= 11 is 1.18. The van der Waals surface area contributed by atoms with Gasteiger partial charge in [0.05, 0.1) is 12.0 Å². The lowest BCUT2D eigenvalue weighted by atomic mass is 9.92. The summed E-state index contributed by atoms with van der Waals surface area (Å²) < 4.78 is 5.75. The molecule has 13 heteroatoms. The zero-order valence-corrected chi connectivity index (χ0v) is 31.3. The number of carbonyl (C=O) groups is 5. The summed E-state index contributed by atoms with van der Waals surface area (Å²) in [5, 5.41) is 20.8. The van der Waals surface area contributed by atoms with Crippen molar-refractivity contribution in [3.05, 3.63) is 52.0 Å². The van der Waals surface area contributed by atoms with E-state index in [4.69, 9.17) is 4.74 Å². The first-order valence-corrected chi connectivity index (χ1v) is 18.6. The average molecular weight is 714 g/mol. The fraction of sp³-hybridized carbons (Fsp3) is 0.622. The Morgan fingerprint density at radius 2 is 1.76 bits per heavy atom. The molecule has 0 spiro atoms. The van der Waals surface area contributed by atoms with E-state index in [0.29, 0.717) is 17.8 Å². The topological polar surface area (TPSA) is 167 Å². The number of aromatic nitrogens is 1. The molecule has 3 rings (SSSR count). The maximum absolute atomic E-state index is 14.1. The van der Waals surface area contributed by atoms with Gasteiger partial charge >= 0.3 is 11.9 Å². The minimum Gasteiger partial charge on any atom is -0.481 e. The van der Waals surface area contributed by atoms with Crippen molar-refractivity contribution >= 4 is 41.0 Å². The zero-order valence-electron chi connectivity index (χ0n) is 30.4. The van der Waals surface area contributed by atoms with Gasteiger partial charge in [-0.15, -0.1) is 11.3 Å². The van der Waals surface area contributed by atoms with Gasteiger partial charge in [0.15, 0.2) is 6.10 Å². The molecule has 0 radical (unpaired) electrons. The van der Waals surface area contributed by atoms with Gasteiger partial charge in [0, 0.05) is 37.9 Å². The van der Waals surface area contributed by atoms with Crippen LogP contribution in [0, 0.1) is 17.8 Å². The number of esters is 1. The number of ether oxygens (including phenoxy) is 1. The van der Waals surface area contributed by atoms with Crippen molar-refractivity contribution in [1.82, 2.24) is 25.8 Å². The number of nitrogens with one attached hydrogen (secondary N) is 3. The van der Waals surface area contributed by atoms with Crippen molar-refractivity contribution < 1.29 is 33.8 Å². The van der Waals surface area contributed by atoms with Gasteiger partial charge in [-0.2, -0.15) is 0 Å². The second kappa shape index (κ2) is 19.5. The first kappa shape index (κ1) is 40.6. The normalized spacial score (nSPS) is 18.2. The number of rotatable bonds is 18. The lowest BCUT2D eigenvalue weighted by Gasteiger charge is -2.37. The standard InChI is InChI=1S/C37H55N5O7S/c1-8-23(4)32(41-33(44)28-16-12-13-17-38-28)36(46)42(7)30(22(2)3)20-31(49-25(6)43)35-40-29(21-50-35)34(45)39-27(18-24(5)37(47)48)19-26-14-10-9-11-15-26/h9-11,14-15,21-24,27-28,30-32,38H,8,12-13,16-20H2,1-7H3,(H,39,45)(H,41,44)(H,47,48)/t23-,24-,27+,28?,30+,31+,32-/m0/s1. The van der Waals surface area contributed by atoms with E-state index in [1.807, 2.05) is 58.0 Å². The molecule has 12 nitrogen and oxygen atoms in total. The number of benzene rings is 1. The third-order valence-electron chi connectivity index (χ3n) is 9.53. The largest absolute Gasteiger partial charge is 0.481 e. The molecular formula is C37H55N5O7S. The number of carboxylic acids is 1. The molecule has 2 aromatic rings. The Morgan fingerprint density at radius 3 is 2.34 bits per heavy atom. The third kappa shape index (κ3) is 11.9. The zero-order chi connectivity index (χ0) is 37.0. The Balaban J connectivity index is 1.80. The summed E-state index contributed by atoms with van der Waals surface area (Å²) in [4.78, 5) is 70.8. The number of thiazole rings is 1. The van der Waals surface area contributed by atoms with Crippen molar-refractivity contribution in [1.29, 1.82) is 0 Å². The van der Waals surface area contributed by atoms with E-state index in [9.17, 15) is 29.1 Å². The number of hydrogen-bond acceptors (Lipinski definition) is 9. The van der Waals surface area contributed by atoms with Crippen LogP contribution in [0.1, 0.15) is 107 Å². The van der Waals surface area contributed by atoms with Gasteiger partial charge in [0.25, 0.3) is 5.91 Å². The maximum Gasteiger partial charge on any atom is 0.306 e. The van der Waals surface area contributed by atoms with Crippen LogP contribution < -0.4 is 16.0 Å². The summed E-state index contributed by atoms with van der Waals surface area (Å²) in [5.41, 5.74) is 1.09. The van der Waals surface area contributed by atoms with Crippen molar-refractivity contribution in [3.63, 3.8) is 0 Å². The number of aliphatic carboxylic acids is 1. The van der Waals surface area contributed by atoms with Gasteiger partial charge in [0.1, 0.15) is 16.7 Å². The molecule has 4 N–H and O–H groups in total. The Hall–Kier alpha value is -3.84. The summed E-state index contributed by atoms with van der Waals surface area (Å²) in [5.74, 6) is -3.15. The molecule has 1 aliphatic rings. The summed E-state index contributed by atoms with van der Waals surface area (Å²) in [7, 11) is 1.71. The molecule has 0 saturated carbocycles. The van der Waals surface area contributed by atoms with Crippen LogP contribution in [0.25, 0.3) is 0 Å². The highest BCUT2D eigenvalue weighted by Gasteiger charge is 2.36. The van der Waals surface area contributed by atoms with E-state index in [-0.39, 0.29) is 48.2 Å². The number of likely N-dealkylation sites (N-methyl/N-ethyl adjacent to an activating group) is 1. The Morgan fingerprint density at radius 1 is 1.06 bits per heavy atom. The number of amides is 3. The maximum atomic E-state index is 14.1. The van der Waals surface area contributed by atoms with Crippen LogP contribution in [-0.4, -0.2) is 82.4 Å². The van der Waals surface area contributed by atoms with Gasteiger partial charge in [-0.25, -0.2) is 4.98 Å². The molecule has 2 heterocycles. The van der Waals surface area contributed by atoms with Gasteiger partial charge < -0.3 is 30.7 Å². The van der Waals surface area contributed by atoms with E-state index < -0.39 is 48.0 Å². The molecule has 276 valence electrons. The number of hydrogen-bond donors (Lipinski definition) is 4. The number of piperidine rings is 1. The number of carbonyl (C=O) groups excluding carboxylic acids is 4. The van der Waals surface area contributed by atoms with Gasteiger partial charge in [-0.05, 0) is 49.6 Å². The lowest BCUT2D eigenvalue weighted by Crippen LogP contribution is -2.57. The summed E-state index contributed by atoms with van der Waals surface area (Å²) in [6.45, 7) is 11.6. The summed E-state index contributed by atoms with van der Waals surface area (Å²) in [6.07, 6.45) is 3.46. The van der Waals surface area contributed by atoms with Crippen LogP contribution in [0.4, 0.5) is 0 Å². The molecule has 1 aromatic carbocycles. The SMILES string of the molecule is CC[C@H](C)[C@H](NC(=O)C1CCCCN1)C(=O)N(C)[C@H](C[C@@H](OC(C)=O)c1nc(C(=O)N[C@@H](Cc2ccccc2)C[C@H](C)C(=O)O)cs1)C(C)C. The first-order chi connectivity index (χ1) is 23.7. The fourth-order valence-electron chi connectivity index (χ4n) is 6.31. The number of carboxylic acid groups (broad SMARTS) is 1. The molecule has 7 atom stereocenters. The molecule has 0 bridgehead atoms. The Kier molecular flexibility index (Phi) is 15.8. The molecule has 1 fully saturated rings. The number of nitrogens with zero attached hydrogens (tertiary/aromatic N) is 2. The monoisotopic (exact) mass is 713 g/mol. The highest BCUT2D eigenvalue weighted by Crippen LogP contribution is 2.31. The smallest absolute Gasteiger partial charge is 0.306 e. The molecule has 50 heavy (non-hydrogen) atoms. The van der Waals surface area contributed by atoms with Crippen molar-refractivity contribution in [3.8, 4) is 0 Å². The molecule has 1 aliphatic heterocycles. The van der Waals surface area contributed by atoms with Crippen molar-refractivity contribution in [2.24, 2.45) is 17.8 Å². The highest BCUT2D eigenvalue weighted by molar-refractivity contribution is 7.09. The van der Waals surface area contributed by atoms with Crippen LogP contribution in [0.5, 0.6) is 0 Å². The van der Waals surface area contributed by atoms with Crippen LogP contribution in [-0.2, 0) is 30.3 Å². The molecule has 3 amide bonds. The van der Waals surface area contributed by atoms with Gasteiger partial charge in [-0.1, -0.05) is 77.8 Å². The second-order valence-electron chi connectivity index (χ2n) is 13.9. The van der Waals surface area contributed by atoms with Crippen LogP contribution >= 0.6 is 11.3 Å². The van der Waals surface area contributed by atoms with Gasteiger partial charge in [0.2, 0.25) is 11.8 Å². The van der Waals surface area contributed by atoms with E-state index in [1.54, 1.807) is 24.3 Å². The molecule has 1 saturated heterocycles. The van der Waals surface area contributed by atoms with E-state index in [0.717, 1.165) is 31.4 Å². The molecule has 0 aliphatic carbocycles. The predicted octanol–water partition coefficient (Wildman–Crippen LogP) is 4.75. The fourth-order valence-corrected chi connectivity index (χ4v) is 7.15. The predicted molar refractivity (Wildman–Crippen MR) is 192 cm³/mol. The quantitative estimate of drug-likeness (QED) is 0.160. The molecule has 1 unspecified atom stereocenters. The van der Waals surface area contributed by atoms with Crippen molar-refractivity contribution in [2.45, 2.75) is 117 Å². The molecule has 1 aromatic heterocycles. The Labute approximate surface area is 300 Å². The third-order valence-corrected chi connectivity index (χ3v) is 10.5. The molecular weight excluding hydrogens is 659 g/mol. The summed E-state index contributed by atoms with van der Waals surface area (Å²) in [6, 6.07) is 7.63. The first-order valence-electron chi connectivity index (χ1n) is 17.7.